The molecule has 0 aliphatic heterocycles. The van der Waals surface area contributed by atoms with Gasteiger partial charge in [-0.1, -0.05) is 17.7 Å². The minimum atomic E-state index is -4.21. The zero-order valence-electron chi connectivity index (χ0n) is 22.7. The topological polar surface area (TPSA) is 148 Å². The molecule has 2 aromatic carbocycles. The summed E-state index contributed by atoms with van der Waals surface area (Å²) in [7, 11) is 1.89. The lowest BCUT2D eigenvalue weighted by Crippen LogP contribution is -2.11. The van der Waals surface area contributed by atoms with Crippen LogP contribution in [0.4, 0.5) is 18.9 Å². The minimum Gasteiger partial charge on any atom is -0.398 e. The number of anilines is 1. The van der Waals surface area contributed by atoms with E-state index in [1.807, 2.05) is 24.7 Å². The van der Waals surface area contributed by atoms with Gasteiger partial charge in [0.25, 0.3) is 0 Å². The number of aromatic nitrogens is 2. The maximum absolute atomic E-state index is 11.9. The van der Waals surface area contributed by atoms with E-state index < -0.39 is 11.7 Å². The summed E-state index contributed by atoms with van der Waals surface area (Å²) in [5.41, 5.74) is 18.5. The van der Waals surface area contributed by atoms with Gasteiger partial charge in [0.15, 0.2) is 0 Å². The predicted molar refractivity (Wildman–Crippen MR) is 146 cm³/mol. The Morgan fingerprint density at radius 2 is 1.67 bits per heavy atom. The van der Waals surface area contributed by atoms with Crippen molar-refractivity contribution in [2.24, 2.45) is 18.5 Å². The van der Waals surface area contributed by atoms with Crippen molar-refractivity contribution in [3.05, 3.63) is 71.7 Å². The van der Waals surface area contributed by atoms with E-state index in [1.165, 1.54) is 19.1 Å². The van der Waals surface area contributed by atoms with Crippen molar-refractivity contribution in [3.8, 4) is 11.3 Å². The van der Waals surface area contributed by atoms with Crippen LogP contribution >= 0.6 is 0 Å². The summed E-state index contributed by atoms with van der Waals surface area (Å²) >= 11 is 0. The van der Waals surface area contributed by atoms with Gasteiger partial charge in [-0.3, -0.25) is 9.59 Å². The Kier molecular flexibility index (Phi) is 17.5. The van der Waals surface area contributed by atoms with Gasteiger partial charge in [-0.25, -0.2) is 4.98 Å². The van der Waals surface area contributed by atoms with Crippen molar-refractivity contribution in [2.75, 3.05) is 38.7 Å². The highest BCUT2D eigenvalue weighted by atomic mass is 19.4. The number of rotatable bonds is 8. The normalized spacial score (nSPS) is 10.2. The number of halogens is 3. The number of amides is 1. The Morgan fingerprint density at radius 1 is 1.08 bits per heavy atom. The van der Waals surface area contributed by atoms with Gasteiger partial charge in [-0.05, 0) is 44.2 Å². The molecule has 1 heterocycles. The second-order valence-electron chi connectivity index (χ2n) is 7.96. The number of primary amides is 1. The third-order valence-electron chi connectivity index (χ3n) is 4.41. The zero-order chi connectivity index (χ0) is 29.8. The lowest BCUT2D eigenvalue weighted by molar-refractivity contribution is -0.137. The number of benzene rings is 2. The summed E-state index contributed by atoms with van der Waals surface area (Å²) in [5.74, 6) is -0.333. The Balaban J connectivity index is 0.000000537. The van der Waals surface area contributed by atoms with Crippen LogP contribution in [0, 0.1) is 6.92 Å². The van der Waals surface area contributed by atoms with Gasteiger partial charge in [0.1, 0.15) is 6.29 Å². The molecule has 0 spiro atoms. The number of ether oxygens (including phenoxy) is 2. The third kappa shape index (κ3) is 16.7. The minimum absolute atomic E-state index is 0.333. The highest BCUT2D eigenvalue weighted by molar-refractivity contribution is 5.83. The molecule has 6 N–H and O–H groups in total. The summed E-state index contributed by atoms with van der Waals surface area (Å²) in [6.45, 7) is 8.33. The fourth-order valence-corrected chi connectivity index (χ4v) is 2.61. The van der Waals surface area contributed by atoms with Gasteiger partial charge in [0.2, 0.25) is 5.91 Å². The van der Waals surface area contributed by atoms with Crippen LogP contribution in [-0.4, -0.2) is 54.7 Å². The number of hydrogen-bond acceptors (Lipinski definition) is 7. The molecule has 0 fully saturated rings. The van der Waals surface area contributed by atoms with Crippen LogP contribution in [0.3, 0.4) is 0 Å². The molecule has 0 saturated carbocycles. The maximum atomic E-state index is 11.9. The van der Waals surface area contributed by atoms with Gasteiger partial charge in [-0.2, -0.15) is 13.2 Å². The molecule has 39 heavy (non-hydrogen) atoms. The summed E-state index contributed by atoms with van der Waals surface area (Å²) in [6, 6.07) is 10.2. The molecule has 9 nitrogen and oxygen atoms in total. The van der Waals surface area contributed by atoms with E-state index in [2.05, 4.69) is 10.7 Å². The van der Waals surface area contributed by atoms with Crippen LogP contribution in [0.2, 0.25) is 0 Å². The zero-order valence-corrected chi connectivity index (χ0v) is 22.7. The number of nitrogen functional groups attached to an aromatic ring is 1. The second kappa shape index (κ2) is 19.3. The third-order valence-corrected chi connectivity index (χ3v) is 4.41. The van der Waals surface area contributed by atoms with Crippen LogP contribution < -0.4 is 17.2 Å². The average molecular weight is 554 g/mol. The van der Waals surface area contributed by atoms with E-state index in [4.69, 9.17) is 20.9 Å². The van der Waals surface area contributed by atoms with Crippen molar-refractivity contribution in [3.63, 3.8) is 0 Å². The molecule has 12 heteroatoms. The number of imidazole rings is 1. The first kappa shape index (κ1) is 35.3. The number of alkyl halides is 3. The largest absolute Gasteiger partial charge is 0.416 e. The number of nitrogens with zero attached hydrogens (tertiary/aromatic N) is 2. The highest BCUT2D eigenvalue weighted by Crippen LogP contribution is 2.29. The van der Waals surface area contributed by atoms with Crippen LogP contribution in [0.5, 0.6) is 0 Å². The number of carbonyl (C=O) groups is 2. The summed E-state index contributed by atoms with van der Waals surface area (Å²) in [6.07, 6.45) is 0.141. The van der Waals surface area contributed by atoms with E-state index >= 15 is 0 Å². The number of carbonyl (C=O) groups excluding carboxylic acids is 2. The molecule has 0 aliphatic carbocycles. The molecule has 0 aliphatic rings. The van der Waals surface area contributed by atoms with Gasteiger partial charge in [0.05, 0.1) is 37.4 Å². The van der Waals surface area contributed by atoms with Gasteiger partial charge < -0.3 is 31.2 Å². The number of nitrogens with two attached hydrogens (primary N) is 3. The monoisotopic (exact) mass is 553 g/mol. The number of aryl methyl sites for hydroxylation is 2. The van der Waals surface area contributed by atoms with E-state index in [9.17, 15) is 22.8 Å². The van der Waals surface area contributed by atoms with Crippen LogP contribution in [0.15, 0.2) is 55.0 Å². The Labute approximate surface area is 227 Å². The SMILES string of the molecule is CC(N)=O.CCOCCOCCN.Cc1ccc(C(F)(F)F)cc1.Cn1cnc(-c2cc(C=O)ccc2N)c1. The maximum Gasteiger partial charge on any atom is 0.416 e. The molecule has 0 radical (unpaired) electrons. The summed E-state index contributed by atoms with van der Waals surface area (Å²) in [4.78, 5) is 24.1. The number of hydrogen-bond donors (Lipinski definition) is 3. The molecule has 3 rings (SSSR count). The molecule has 1 amide bonds. The molecular weight excluding hydrogens is 515 g/mol. The van der Waals surface area contributed by atoms with Gasteiger partial charge in [-0.15, -0.1) is 0 Å². The standard InChI is InChI=1S/C11H11N3O.C8H7F3.C6H15NO2.C2H5NO/c1-14-5-11(13-7-14)9-4-8(6-15)2-3-10(9)12;1-6-2-4-7(5-3-6)8(9,10)11;1-2-8-5-6-9-4-3-7;1-2(3)4/h2-7H,12H2,1H3;2-5H,1H3;2-7H2,1H3;1H3,(H2,3,4). The Bertz CT molecular complexity index is 1090. The van der Waals surface area contributed by atoms with Crippen molar-refractivity contribution in [2.45, 2.75) is 26.9 Å². The molecule has 1 aromatic heterocycles. The lowest BCUT2D eigenvalue weighted by atomic mass is 10.1. The summed E-state index contributed by atoms with van der Waals surface area (Å²) in [5, 5.41) is 0. The molecular formula is C27H38F3N5O4. The first-order valence-corrected chi connectivity index (χ1v) is 11.9. The second-order valence-corrected chi connectivity index (χ2v) is 7.96. The van der Waals surface area contributed by atoms with Crippen LogP contribution in [0.1, 0.15) is 35.3 Å². The van der Waals surface area contributed by atoms with Crippen LogP contribution in [0.25, 0.3) is 11.3 Å². The van der Waals surface area contributed by atoms with Crippen molar-refractivity contribution < 1.29 is 32.2 Å². The Hall–Kier alpha value is -3.74. The fourth-order valence-electron chi connectivity index (χ4n) is 2.61. The van der Waals surface area contributed by atoms with Gasteiger partial charge >= 0.3 is 6.18 Å². The van der Waals surface area contributed by atoms with E-state index in [-0.39, 0.29) is 5.91 Å². The fraction of sp³-hybridized carbons (Fsp3) is 0.370. The predicted octanol–water partition coefficient (Wildman–Crippen LogP) is 3.99. The Morgan fingerprint density at radius 3 is 2.13 bits per heavy atom. The molecule has 0 saturated heterocycles. The summed E-state index contributed by atoms with van der Waals surface area (Å²) < 4.78 is 47.6. The van der Waals surface area contributed by atoms with Crippen LogP contribution in [-0.2, 0) is 27.5 Å². The first-order valence-electron chi connectivity index (χ1n) is 11.9. The molecule has 0 atom stereocenters. The quantitative estimate of drug-likeness (QED) is 0.217. The first-order chi connectivity index (χ1) is 18.3. The number of aldehydes is 1. The van der Waals surface area contributed by atoms with Crippen molar-refractivity contribution in [1.29, 1.82) is 0 Å². The van der Waals surface area contributed by atoms with E-state index in [1.54, 1.807) is 31.5 Å². The lowest BCUT2D eigenvalue weighted by Gasteiger charge is -2.05. The van der Waals surface area contributed by atoms with Crippen molar-refractivity contribution in [1.82, 2.24) is 9.55 Å². The van der Waals surface area contributed by atoms with Gasteiger partial charge in [0, 0.05) is 50.1 Å². The molecule has 0 bridgehead atoms. The van der Waals surface area contributed by atoms with E-state index in [0.717, 1.165) is 41.8 Å². The molecule has 216 valence electrons. The highest BCUT2D eigenvalue weighted by Gasteiger charge is 2.29. The smallest absolute Gasteiger partial charge is 0.398 e. The molecule has 3 aromatic rings. The van der Waals surface area contributed by atoms with E-state index in [0.29, 0.717) is 37.6 Å². The van der Waals surface area contributed by atoms with Crippen molar-refractivity contribution >= 4 is 17.9 Å². The molecule has 0 unspecified atom stereocenters. The average Bonchev–Trinajstić information content (AvgIpc) is 3.30.